The lowest BCUT2D eigenvalue weighted by atomic mass is 10.2. The number of aromatic nitrogens is 2. The summed E-state index contributed by atoms with van der Waals surface area (Å²) in [6.07, 6.45) is 1.93. The molecule has 3 nitrogen and oxygen atoms in total. The van der Waals surface area contributed by atoms with Gasteiger partial charge in [0.05, 0.1) is 10.2 Å². The first-order valence-electron chi connectivity index (χ1n) is 6.22. The number of benzene rings is 1. The third-order valence-electron chi connectivity index (χ3n) is 2.68. The van der Waals surface area contributed by atoms with Gasteiger partial charge in [-0.3, -0.25) is 4.57 Å². The van der Waals surface area contributed by atoms with Crippen LogP contribution in [0.2, 0.25) is 0 Å². The summed E-state index contributed by atoms with van der Waals surface area (Å²) in [6, 6.07) is 4.93. The zero-order chi connectivity index (χ0) is 14.0. The Balaban J connectivity index is 2.35. The van der Waals surface area contributed by atoms with Crippen LogP contribution >= 0.6 is 15.9 Å². The number of hydrogen-bond donors (Lipinski definition) is 1. The predicted octanol–water partition coefficient (Wildman–Crippen LogP) is 4.15. The Morgan fingerprint density at radius 2 is 2.16 bits per heavy atom. The van der Waals surface area contributed by atoms with Crippen LogP contribution in [0, 0.1) is 18.7 Å². The molecule has 0 aliphatic heterocycles. The second-order valence-electron chi connectivity index (χ2n) is 4.95. The summed E-state index contributed by atoms with van der Waals surface area (Å²) in [4.78, 5) is 4.45. The van der Waals surface area contributed by atoms with Crippen molar-refractivity contribution in [1.29, 1.82) is 0 Å². The molecule has 0 aliphatic rings. The van der Waals surface area contributed by atoms with Crippen LogP contribution in [-0.4, -0.2) is 16.1 Å². The maximum absolute atomic E-state index is 13.3. The highest BCUT2D eigenvalue weighted by atomic mass is 79.9. The van der Waals surface area contributed by atoms with E-state index in [0.29, 0.717) is 10.4 Å². The summed E-state index contributed by atoms with van der Waals surface area (Å²) in [5.74, 6) is 1.05. The molecule has 1 aromatic heterocycles. The Kier molecular flexibility index (Phi) is 4.24. The van der Waals surface area contributed by atoms with Gasteiger partial charge in [-0.15, -0.1) is 0 Å². The molecular weight excluding hydrogens is 309 g/mol. The Bertz CT molecular complexity index is 578. The van der Waals surface area contributed by atoms with Crippen LogP contribution in [-0.2, 0) is 0 Å². The number of rotatable bonds is 4. The van der Waals surface area contributed by atoms with Crippen molar-refractivity contribution < 1.29 is 4.39 Å². The third-order valence-corrected chi connectivity index (χ3v) is 3.28. The lowest BCUT2D eigenvalue weighted by Gasteiger charge is -2.11. The quantitative estimate of drug-likeness (QED) is 0.915. The summed E-state index contributed by atoms with van der Waals surface area (Å²) in [7, 11) is 0. The molecule has 0 saturated heterocycles. The number of hydrogen-bond acceptors (Lipinski definition) is 2. The molecule has 2 rings (SSSR count). The average Bonchev–Trinajstić information content (AvgIpc) is 2.71. The Morgan fingerprint density at radius 3 is 2.79 bits per heavy atom. The van der Waals surface area contributed by atoms with Crippen molar-refractivity contribution in [2.45, 2.75) is 20.8 Å². The van der Waals surface area contributed by atoms with E-state index in [2.05, 4.69) is 40.1 Å². The molecule has 0 amide bonds. The van der Waals surface area contributed by atoms with Gasteiger partial charge in [0.2, 0.25) is 5.95 Å². The standard InChI is InChI=1S/C14H17BrFN3/c1-9(2)7-17-14-18-10(3)8-19(14)11-4-5-13(16)12(15)6-11/h4-6,8-9H,7H2,1-3H3,(H,17,18). The molecule has 0 unspecified atom stereocenters. The van der Waals surface area contributed by atoms with Crippen LogP contribution in [0.5, 0.6) is 0 Å². The van der Waals surface area contributed by atoms with Crippen molar-refractivity contribution in [1.82, 2.24) is 9.55 Å². The van der Waals surface area contributed by atoms with E-state index >= 15 is 0 Å². The highest BCUT2D eigenvalue weighted by Crippen LogP contribution is 2.22. The van der Waals surface area contributed by atoms with Gasteiger partial charge in [0.15, 0.2) is 0 Å². The number of halogens is 2. The minimum atomic E-state index is -0.266. The molecule has 1 N–H and O–H groups in total. The van der Waals surface area contributed by atoms with Crippen molar-refractivity contribution in [3.63, 3.8) is 0 Å². The molecule has 0 spiro atoms. The van der Waals surface area contributed by atoms with Crippen LogP contribution < -0.4 is 5.32 Å². The maximum atomic E-state index is 13.3. The number of imidazole rings is 1. The van der Waals surface area contributed by atoms with Crippen molar-refractivity contribution in [2.75, 3.05) is 11.9 Å². The first kappa shape index (κ1) is 14.1. The van der Waals surface area contributed by atoms with Crippen LogP contribution in [0.3, 0.4) is 0 Å². The van der Waals surface area contributed by atoms with E-state index in [-0.39, 0.29) is 5.82 Å². The highest BCUT2D eigenvalue weighted by molar-refractivity contribution is 9.10. The molecule has 0 radical (unpaired) electrons. The number of nitrogens with one attached hydrogen (secondary N) is 1. The van der Waals surface area contributed by atoms with Crippen molar-refractivity contribution >= 4 is 21.9 Å². The van der Waals surface area contributed by atoms with E-state index in [1.807, 2.05) is 17.7 Å². The van der Waals surface area contributed by atoms with Gasteiger partial charge in [0, 0.05) is 18.4 Å². The smallest absolute Gasteiger partial charge is 0.207 e. The summed E-state index contributed by atoms with van der Waals surface area (Å²) in [5, 5.41) is 3.31. The molecule has 0 atom stereocenters. The van der Waals surface area contributed by atoms with Crippen molar-refractivity contribution in [3.8, 4) is 5.69 Å². The van der Waals surface area contributed by atoms with Crippen LogP contribution in [0.15, 0.2) is 28.9 Å². The van der Waals surface area contributed by atoms with Gasteiger partial charge in [0.25, 0.3) is 0 Å². The summed E-state index contributed by atoms with van der Waals surface area (Å²) >= 11 is 3.21. The van der Waals surface area contributed by atoms with E-state index < -0.39 is 0 Å². The van der Waals surface area contributed by atoms with E-state index in [4.69, 9.17) is 0 Å². The Morgan fingerprint density at radius 1 is 1.42 bits per heavy atom. The number of nitrogens with zero attached hydrogens (tertiary/aromatic N) is 2. The Hall–Kier alpha value is -1.36. The summed E-state index contributed by atoms with van der Waals surface area (Å²) in [6.45, 7) is 7.07. The number of aryl methyl sites for hydroxylation is 1. The largest absolute Gasteiger partial charge is 0.355 e. The minimum absolute atomic E-state index is 0.266. The normalized spacial score (nSPS) is 11.1. The lowest BCUT2D eigenvalue weighted by molar-refractivity contribution is 0.620. The molecule has 0 bridgehead atoms. The summed E-state index contributed by atoms with van der Waals surface area (Å²) in [5.41, 5.74) is 1.80. The van der Waals surface area contributed by atoms with Gasteiger partial charge < -0.3 is 5.32 Å². The zero-order valence-electron chi connectivity index (χ0n) is 11.2. The molecule has 1 heterocycles. The Labute approximate surface area is 121 Å². The molecular formula is C14H17BrFN3. The molecule has 5 heteroatoms. The fourth-order valence-electron chi connectivity index (χ4n) is 1.75. The molecule has 102 valence electrons. The van der Waals surface area contributed by atoms with E-state index in [1.165, 1.54) is 6.07 Å². The van der Waals surface area contributed by atoms with Gasteiger partial charge in [0.1, 0.15) is 5.82 Å². The average molecular weight is 326 g/mol. The van der Waals surface area contributed by atoms with Gasteiger partial charge in [-0.05, 0) is 47.0 Å². The fourth-order valence-corrected chi connectivity index (χ4v) is 2.12. The first-order chi connectivity index (χ1) is 8.97. The van der Waals surface area contributed by atoms with Crippen LogP contribution in [0.1, 0.15) is 19.5 Å². The molecule has 0 aliphatic carbocycles. The van der Waals surface area contributed by atoms with E-state index in [0.717, 1.165) is 23.9 Å². The molecule has 0 saturated carbocycles. The predicted molar refractivity (Wildman–Crippen MR) is 79.3 cm³/mol. The van der Waals surface area contributed by atoms with Gasteiger partial charge in [-0.1, -0.05) is 13.8 Å². The van der Waals surface area contributed by atoms with Gasteiger partial charge in [-0.25, -0.2) is 9.37 Å². The molecule has 0 fully saturated rings. The molecule has 1 aromatic carbocycles. The zero-order valence-corrected chi connectivity index (χ0v) is 12.8. The van der Waals surface area contributed by atoms with Crippen LogP contribution in [0.4, 0.5) is 10.3 Å². The topological polar surface area (TPSA) is 29.9 Å². The van der Waals surface area contributed by atoms with E-state index in [9.17, 15) is 4.39 Å². The highest BCUT2D eigenvalue weighted by Gasteiger charge is 2.09. The van der Waals surface area contributed by atoms with Crippen molar-refractivity contribution in [3.05, 3.63) is 40.4 Å². The van der Waals surface area contributed by atoms with Gasteiger partial charge >= 0.3 is 0 Å². The second-order valence-corrected chi connectivity index (χ2v) is 5.80. The van der Waals surface area contributed by atoms with Gasteiger partial charge in [-0.2, -0.15) is 0 Å². The first-order valence-corrected chi connectivity index (χ1v) is 7.02. The molecule has 2 aromatic rings. The van der Waals surface area contributed by atoms with Crippen molar-refractivity contribution in [2.24, 2.45) is 5.92 Å². The third kappa shape index (κ3) is 3.35. The maximum Gasteiger partial charge on any atom is 0.207 e. The molecule has 19 heavy (non-hydrogen) atoms. The second kappa shape index (κ2) is 5.74. The van der Waals surface area contributed by atoms with Crippen LogP contribution in [0.25, 0.3) is 5.69 Å². The fraction of sp³-hybridized carbons (Fsp3) is 0.357. The minimum Gasteiger partial charge on any atom is -0.355 e. The SMILES string of the molecule is Cc1cn(-c2ccc(F)c(Br)c2)c(NCC(C)C)n1. The number of anilines is 1. The van der Waals surface area contributed by atoms with E-state index in [1.54, 1.807) is 12.1 Å². The summed E-state index contributed by atoms with van der Waals surface area (Å²) < 4.78 is 15.7. The lowest BCUT2D eigenvalue weighted by Crippen LogP contribution is -2.12. The monoisotopic (exact) mass is 325 g/mol.